The van der Waals surface area contributed by atoms with Crippen molar-refractivity contribution in [2.24, 2.45) is 13.0 Å². The van der Waals surface area contributed by atoms with Crippen LogP contribution in [0.4, 0.5) is 5.69 Å². The molecule has 1 unspecified atom stereocenters. The average molecular weight is 358 g/mol. The van der Waals surface area contributed by atoms with Crippen LogP contribution >= 0.6 is 0 Å². The van der Waals surface area contributed by atoms with Gasteiger partial charge in [-0.25, -0.2) is 4.68 Å². The smallest absolute Gasteiger partial charge is 0.268 e. The van der Waals surface area contributed by atoms with Gasteiger partial charge in [-0.1, -0.05) is 12.1 Å². The van der Waals surface area contributed by atoms with E-state index < -0.39 is 0 Å². The van der Waals surface area contributed by atoms with E-state index >= 15 is 0 Å². The molecule has 2 N–H and O–H groups in total. The summed E-state index contributed by atoms with van der Waals surface area (Å²) in [6.45, 7) is 1.98. The number of rotatable bonds is 6. The maximum absolute atomic E-state index is 11.9. The van der Waals surface area contributed by atoms with Gasteiger partial charge in [-0.2, -0.15) is 5.10 Å². The number of para-hydroxylation sites is 2. The highest BCUT2D eigenvalue weighted by Crippen LogP contribution is 2.24. The average Bonchev–Trinajstić information content (AvgIpc) is 3.10. The van der Waals surface area contributed by atoms with Crippen molar-refractivity contribution in [1.29, 1.82) is 0 Å². The zero-order valence-corrected chi connectivity index (χ0v) is 14.6. The van der Waals surface area contributed by atoms with Crippen molar-refractivity contribution in [3.8, 4) is 11.5 Å². The van der Waals surface area contributed by atoms with Gasteiger partial charge in [0.15, 0.2) is 18.1 Å². The van der Waals surface area contributed by atoms with Crippen LogP contribution in [-0.2, 0) is 11.8 Å². The molecule has 2 heterocycles. The standard InChI is InChI=1S/C18H22N4O4/c1-21-18(25)8-14(10-20-21)22-7-6-13(11-22)9-19-17(24)12-26-16-5-3-2-4-15(16)23/h2-5,8,10,13,23H,6-7,9,11-12H2,1H3,(H,19,24). The van der Waals surface area contributed by atoms with Crippen LogP contribution in [0.1, 0.15) is 6.42 Å². The molecule has 0 saturated carbocycles. The number of ether oxygens (including phenoxy) is 1. The Balaban J connectivity index is 1.44. The number of aromatic hydroxyl groups is 1. The van der Waals surface area contributed by atoms with E-state index in [1.165, 1.54) is 10.7 Å². The zero-order chi connectivity index (χ0) is 18.5. The maximum atomic E-state index is 11.9. The number of benzene rings is 1. The first-order valence-corrected chi connectivity index (χ1v) is 8.48. The number of aryl methyl sites for hydroxylation is 1. The van der Waals surface area contributed by atoms with Gasteiger partial charge in [0.25, 0.3) is 11.5 Å². The molecule has 3 rings (SSSR count). The minimum Gasteiger partial charge on any atom is -0.504 e. The molecule has 2 aromatic rings. The zero-order valence-electron chi connectivity index (χ0n) is 14.6. The summed E-state index contributed by atoms with van der Waals surface area (Å²) in [5.41, 5.74) is 0.672. The predicted molar refractivity (Wildman–Crippen MR) is 96.4 cm³/mol. The number of hydrogen-bond acceptors (Lipinski definition) is 6. The normalized spacial score (nSPS) is 16.5. The number of phenolic OH excluding ortho intramolecular Hbond substituents is 1. The van der Waals surface area contributed by atoms with Crippen LogP contribution in [0.3, 0.4) is 0 Å². The Morgan fingerprint density at radius 3 is 3.00 bits per heavy atom. The van der Waals surface area contributed by atoms with E-state index in [1.54, 1.807) is 37.5 Å². The van der Waals surface area contributed by atoms with Gasteiger partial charge in [0.1, 0.15) is 0 Å². The fourth-order valence-corrected chi connectivity index (χ4v) is 2.90. The van der Waals surface area contributed by atoms with E-state index in [0.29, 0.717) is 12.5 Å². The molecule has 138 valence electrons. The van der Waals surface area contributed by atoms with Crippen molar-refractivity contribution in [1.82, 2.24) is 15.1 Å². The van der Waals surface area contributed by atoms with E-state index in [0.717, 1.165) is 25.2 Å². The summed E-state index contributed by atoms with van der Waals surface area (Å²) in [6.07, 6.45) is 2.61. The van der Waals surface area contributed by atoms with Crippen LogP contribution in [0.15, 0.2) is 41.3 Å². The van der Waals surface area contributed by atoms with Crippen molar-refractivity contribution >= 4 is 11.6 Å². The predicted octanol–water partition coefficient (Wildman–Crippen LogP) is 0.507. The largest absolute Gasteiger partial charge is 0.504 e. The third kappa shape index (κ3) is 4.33. The molecule has 1 aromatic carbocycles. The Hall–Kier alpha value is -3.03. The summed E-state index contributed by atoms with van der Waals surface area (Å²) in [4.78, 5) is 25.7. The Labute approximate surface area is 151 Å². The number of carbonyl (C=O) groups excluding carboxylic acids is 1. The Kier molecular flexibility index (Phi) is 5.40. The first-order valence-electron chi connectivity index (χ1n) is 8.48. The van der Waals surface area contributed by atoms with Gasteiger partial charge in [-0.3, -0.25) is 9.59 Å². The number of aromatic nitrogens is 2. The van der Waals surface area contributed by atoms with Crippen molar-refractivity contribution in [3.63, 3.8) is 0 Å². The van der Waals surface area contributed by atoms with Crippen LogP contribution in [0.2, 0.25) is 0 Å². The van der Waals surface area contributed by atoms with Crippen LogP contribution in [-0.4, -0.2) is 47.0 Å². The lowest BCUT2D eigenvalue weighted by Gasteiger charge is -2.18. The molecule has 26 heavy (non-hydrogen) atoms. The molecule has 1 aliphatic heterocycles. The van der Waals surface area contributed by atoms with Gasteiger partial charge in [-0.15, -0.1) is 0 Å². The Morgan fingerprint density at radius 2 is 2.23 bits per heavy atom. The number of hydrogen-bond donors (Lipinski definition) is 2. The van der Waals surface area contributed by atoms with Crippen molar-refractivity contribution in [2.45, 2.75) is 6.42 Å². The second-order valence-electron chi connectivity index (χ2n) is 6.34. The highest BCUT2D eigenvalue weighted by Gasteiger charge is 2.23. The van der Waals surface area contributed by atoms with E-state index in [-0.39, 0.29) is 29.6 Å². The summed E-state index contributed by atoms with van der Waals surface area (Å²) in [6, 6.07) is 8.11. The summed E-state index contributed by atoms with van der Waals surface area (Å²) in [7, 11) is 1.62. The van der Waals surface area contributed by atoms with Gasteiger partial charge in [0.2, 0.25) is 0 Å². The number of nitrogens with zero attached hydrogens (tertiary/aromatic N) is 3. The minimum absolute atomic E-state index is 0.00866. The lowest BCUT2D eigenvalue weighted by Crippen LogP contribution is -2.34. The molecule has 1 atom stereocenters. The van der Waals surface area contributed by atoms with Gasteiger partial charge < -0.3 is 20.1 Å². The second-order valence-corrected chi connectivity index (χ2v) is 6.34. The molecule has 8 heteroatoms. The van der Waals surface area contributed by atoms with Crippen LogP contribution in [0.5, 0.6) is 11.5 Å². The lowest BCUT2D eigenvalue weighted by atomic mass is 10.1. The molecule has 0 spiro atoms. The summed E-state index contributed by atoms with van der Waals surface area (Å²) < 4.78 is 6.60. The molecule has 1 aromatic heterocycles. The Morgan fingerprint density at radius 1 is 1.42 bits per heavy atom. The summed E-state index contributed by atoms with van der Waals surface area (Å²) in [5, 5.41) is 16.5. The van der Waals surface area contributed by atoms with Crippen LogP contribution in [0, 0.1) is 5.92 Å². The third-order valence-electron chi connectivity index (χ3n) is 4.42. The second kappa shape index (κ2) is 7.90. The monoisotopic (exact) mass is 358 g/mol. The molecule has 1 amide bonds. The lowest BCUT2D eigenvalue weighted by molar-refractivity contribution is -0.123. The molecule has 8 nitrogen and oxygen atoms in total. The van der Waals surface area contributed by atoms with Gasteiger partial charge in [-0.05, 0) is 24.5 Å². The summed E-state index contributed by atoms with van der Waals surface area (Å²) in [5.74, 6) is 0.359. The SMILES string of the molecule is Cn1ncc(N2CCC(CNC(=O)COc3ccccc3O)C2)cc1=O. The third-order valence-corrected chi connectivity index (χ3v) is 4.42. The number of carbonyl (C=O) groups is 1. The maximum Gasteiger partial charge on any atom is 0.268 e. The van der Waals surface area contributed by atoms with Crippen LogP contribution < -0.4 is 20.5 Å². The van der Waals surface area contributed by atoms with Crippen molar-refractivity contribution < 1.29 is 14.6 Å². The topological polar surface area (TPSA) is 96.7 Å². The molecular weight excluding hydrogens is 336 g/mol. The quantitative estimate of drug-likeness (QED) is 0.781. The van der Waals surface area contributed by atoms with E-state index in [9.17, 15) is 14.7 Å². The first-order chi connectivity index (χ1) is 12.5. The molecule has 0 aliphatic carbocycles. The number of phenols is 1. The fourth-order valence-electron chi connectivity index (χ4n) is 2.90. The fraction of sp³-hybridized carbons (Fsp3) is 0.389. The molecular formula is C18H22N4O4. The van der Waals surface area contributed by atoms with Gasteiger partial charge in [0.05, 0.1) is 11.9 Å². The molecule has 0 radical (unpaired) electrons. The van der Waals surface area contributed by atoms with Crippen LogP contribution in [0.25, 0.3) is 0 Å². The summed E-state index contributed by atoms with van der Waals surface area (Å²) >= 11 is 0. The van der Waals surface area contributed by atoms with Gasteiger partial charge >= 0.3 is 0 Å². The number of nitrogens with one attached hydrogen (secondary N) is 1. The number of anilines is 1. The molecule has 1 fully saturated rings. The first kappa shape index (κ1) is 17.8. The highest BCUT2D eigenvalue weighted by atomic mass is 16.5. The van der Waals surface area contributed by atoms with E-state index in [2.05, 4.69) is 15.3 Å². The highest BCUT2D eigenvalue weighted by molar-refractivity contribution is 5.77. The molecule has 1 aliphatic rings. The van der Waals surface area contributed by atoms with Gasteiger partial charge in [0, 0.05) is 32.7 Å². The number of amides is 1. The minimum atomic E-state index is -0.234. The molecule has 1 saturated heterocycles. The van der Waals surface area contributed by atoms with E-state index in [1.807, 2.05) is 0 Å². The Bertz CT molecular complexity index is 836. The molecule has 0 bridgehead atoms. The van der Waals surface area contributed by atoms with Crippen molar-refractivity contribution in [2.75, 3.05) is 31.1 Å². The van der Waals surface area contributed by atoms with Crippen molar-refractivity contribution in [3.05, 3.63) is 46.9 Å². The van der Waals surface area contributed by atoms with E-state index in [4.69, 9.17) is 4.74 Å².